The molecule has 28 heavy (non-hydrogen) atoms. The third-order valence-corrected chi connectivity index (χ3v) is 6.44. The molecule has 0 radical (unpaired) electrons. The third kappa shape index (κ3) is 4.21. The van der Waals surface area contributed by atoms with E-state index in [4.69, 9.17) is 4.98 Å². The first kappa shape index (κ1) is 19.0. The van der Waals surface area contributed by atoms with Crippen molar-refractivity contribution in [2.24, 2.45) is 0 Å². The van der Waals surface area contributed by atoms with Gasteiger partial charge in [0.15, 0.2) is 0 Å². The van der Waals surface area contributed by atoms with E-state index in [0.717, 1.165) is 43.4 Å². The second-order valence-corrected chi connectivity index (χ2v) is 8.68. The van der Waals surface area contributed by atoms with Gasteiger partial charge in [-0.25, -0.2) is 4.98 Å². The smallest absolute Gasteiger partial charge is 0.138 e. The second-order valence-electron chi connectivity index (χ2n) is 7.82. The number of aromatic hydroxyl groups is 1. The fourth-order valence-corrected chi connectivity index (χ4v) is 4.59. The first-order valence-corrected chi connectivity index (χ1v) is 10.9. The van der Waals surface area contributed by atoms with Crippen LogP contribution in [0.15, 0.2) is 53.9 Å². The summed E-state index contributed by atoms with van der Waals surface area (Å²) in [5, 5.41) is 13.4. The van der Waals surface area contributed by atoms with Gasteiger partial charge >= 0.3 is 0 Å². The van der Waals surface area contributed by atoms with Crippen molar-refractivity contribution in [1.82, 2.24) is 4.98 Å². The molecule has 1 aliphatic heterocycles. The van der Waals surface area contributed by atoms with E-state index in [0.29, 0.717) is 11.7 Å². The normalized spacial score (nSPS) is 15.3. The molecule has 3 aromatic rings. The Bertz CT molecular complexity index is 912. The molecule has 5 heteroatoms. The van der Waals surface area contributed by atoms with Crippen LogP contribution in [0.2, 0.25) is 0 Å². The van der Waals surface area contributed by atoms with Crippen molar-refractivity contribution < 1.29 is 10.0 Å². The molecule has 146 valence electrons. The van der Waals surface area contributed by atoms with Gasteiger partial charge in [-0.15, -0.1) is 11.3 Å². The predicted molar refractivity (Wildman–Crippen MR) is 116 cm³/mol. The van der Waals surface area contributed by atoms with Crippen LogP contribution in [0.3, 0.4) is 0 Å². The lowest BCUT2D eigenvalue weighted by atomic mass is 10.0. The molecule has 0 aliphatic carbocycles. The maximum Gasteiger partial charge on any atom is 0.138 e. The minimum Gasteiger partial charge on any atom is -0.506 e. The van der Waals surface area contributed by atoms with Crippen molar-refractivity contribution >= 4 is 17.0 Å². The van der Waals surface area contributed by atoms with Crippen LogP contribution >= 0.6 is 11.3 Å². The summed E-state index contributed by atoms with van der Waals surface area (Å²) in [4.78, 5) is 8.72. The quantitative estimate of drug-likeness (QED) is 0.695. The highest BCUT2D eigenvalue weighted by Gasteiger charge is 2.22. The number of piperazine rings is 1. The highest BCUT2D eigenvalue weighted by Crippen LogP contribution is 2.27. The van der Waals surface area contributed by atoms with Crippen LogP contribution in [-0.4, -0.2) is 36.3 Å². The molecule has 1 fully saturated rings. The van der Waals surface area contributed by atoms with Crippen LogP contribution in [0, 0.1) is 0 Å². The Morgan fingerprint density at radius 3 is 2.46 bits per heavy atom. The van der Waals surface area contributed by atoms with E-state index in [-0.39, 0.29) is 0 Å². The summed E-state index contributed by atoms with van der Waals surface area (Å²) in [7, 11) is 0. The van der Waals surface area contributed by atoms with Gasteiger partial charge in [0.05, 0.1) is 31.9 Å². The van der Waals surface area contributed by atoms with E-state index in [9.17, 15) is 5.11 Å². The van der Waals surface area contributed by atoms with Crippen LogP contribution in [0.5, 0.6) is 5.75 Å². The van der Waals surface area contributed by atoms with E-state index >= 15 is 0 Å². The van der Waals surface area contributed by atoms with Crippen LogP contribution in [0.4, 0.5) is 5.69 Å². The van der Waals surface area contributed by atoms with E-state index in [1.807, 2.05) is 18.2 Å². The van der Waals surface area contributed by atoms with Gasteiger partial charge < -0.3 is 14.9 Å². The number of hydrogen-bond acceptors (Lipinski definition) is 4. The van der Waals surface area contributed by atoms with Crippen molar-refractivity contribution in [3.8, 4) is 16.3 Å². The van der Waals surface area contributed by atoms with Crippen molar-refractivity contribution in [3.63, 3.8) is 0 Å². The number of nitrogens with one attached hydrogen (secondary N) is 1. The molecule has 2 heterocycles. The lowest BCUT2D eigenvalue weighted by Crippen LogP contribution is -3.13. The minimum atomic E-state index is 0.374. The second kappa shape index (κ2) is 8.33. The molecule has 0 unspecified atom stereocenters. The molecule has 1 saturated heterocycles. The molecular formula is C23H28N3OS+. The van der Waals surface area contributed by atoms with Crippen molar-refractivity contribution in [2.45, 2.75) is 26.3 Å². The Morgan fingerprint density at radius 1 is 1.07 bits per heavy atom. The minimum absolute atomic E-state index is 0.374. The summed E-state index contributed by atoms with van der Waals surface area (Å²) >= 11 is 1.74. The van der Waals surface area contributed by atoms with E-state index in [1.54, 1.807) is 22.3 Å². The first-order chi connectivity index (χ1) is 13.6. The van der Waals surface area contributed by atoms with E-state index in [1.165, 1.54) is 16.8 Å². The lowest BCUT2D eigenvalue weighted by Gasteiger charge is -2.33. The monoisotopic (exact) mass is 394 g/mol. The molecule has 0 bridgehead atoms. The van der Waals surface area contributed by atoms with Crippen LogP contribution < -0.4 is 9.80 Å². The SMILES string of the molecule is CC(C)c1ccc(-c2nc(C[NH+]3CCN(c4ccccc4O)CC3)cs2)cc1. The molecule has 2 N–H and O–H groups in total. The number of thiazole rings is 1. The van der Waals surface area contributed by atoms with Crippen LogP contribution in [0.1, 0.15) is 31.0 Å². The summed E-state index contributed by atoms with van der Waals surface area (Å²) in [6.45, 7) is 9.45. The Balaban J connectivity index is 1.35. The molecule has 1 aliphatic rings. The van der Waals surface area contributed by atoms with Gasteiger partial charge in [0, 0.05) is 10.9 Å². The van der Waals surface area contributed by atoms with Gasteiger partial charge in [0.1, 0.15) is 23.0 Å². The molecule has 0 atom stereocenters. The lowest BCUT2D eigenvalue weighted by molar-refractivity contribution is -0.914. The topological polar surface area (TPSA) is 40.8 Å². The number of anilines is 1. The Labute approximate surface area is 171 Å². The molecular weight excluding hydrogens is 366 g/mol. The van der Waals surface area contributed by atoms with Gasteiger partial charge in [0.2, 0.25) is 0 Å². The standard InChI is InChI=1S/C23H27N3OS/c1-17(2)18-7-9-19(10-8-18)23-24-20(16-28-23)15-25-11-13-26(14-12-25)21-5-3-4-6-22(21)27/h3-10,16-17,27H,11-15H2,1-2H3/p+1. The van der Waals surface area contributed by atoms with Gasteiger partial charge in [0.25, 0.3) is 0 Å². The zero-order chi connectivity index (χ0) is 19.5. The number of rotatable bonds is 5. The average molecular weight is 395 g/mol. The zero-order valence-corrected chi connectivity index (χ0v) is 17.4. The fourth-order valence-electron chi connectivity index (χ4n) is 3.76. The predicted octanol–water partition coefficient (Wildman–Crippen LogP) is 3.54. The van der Waals surface area contributed by atoms with Crippen molar-refractivity contribution in [2.75, 3.05) is 31.1 Å². The van der Waals surface area contributed by atoms with Gasteiger partial charge in [-0.1, -0.05) is 50.2 Å². The molecule has 0 amide bonds. The number of nitrogens with zero attached hydrogens (tertiary/aromatic N) is 2. The van der Waals surface area contributed by atoms with E-state index < -0.39 is 0 Å². The number of hydrogen-bond donors (Lipinski definition) is 2. The Hall–Kier alpha value is -2.37. The van der Waals surface area contributed by atoms with E-state index in [2.05, 4.69) is 48.4 Å². The highest BCUT2D eigenvalue weighted by atomic mass is 32.1. The van der Waals surface area contributed by atoms with Crippen LogP contribution in [0.25, 0.3) is 10.6 Å². The van der Waals surface area contributed by atoms with Gasteiger partial charge in [-0.05, 0) is 23.6 Å². The highest BCUT2D eigenvalue weighted by molar-refractivity contribution is 7.13. The maximum absolute atomic E-state index is 10.1. The molecule has 0 saturated carbocycles. The molecule has 4 nitrogen and oxygen atoms in total. The fraction of sp³-hybridized carbons (Fsp3) is 0.348. The van der Waals surface area contributed by atoms with Gasteiger partial charge in [-0.2, -0.15) is 0 Å². The number of phenols is 1. The Morgan fingerprint density at radius 2 is 1.79 bits per heavy atom. The molecule has 4 rings (SSSR count). The number of quaternary nitrogens is 1. The van der Waals surface area contributed by atoms with Crippen molar-refractivity contribution in [3.05, 3.63) is 65.2 Å². The molecule has 1 aromatic heterocycles. The Kier molecular flexibility index (Phi) is 5.64. The summed E-state index contributed by atoms with van der Waals surface area (Å²) in [6, 6.07) is 16.4. The summed E-state index contributed by atoms with van der Waals surface area (Å²) in [6.07, 6.45) is 0. The largest absolute Gasteiger partial charge is 0.506 e. The van der Waals surface area contributed by atoms with Crippen molar-refractivity contribution in [1.29, 1.82) is 0 Å². The number of para-hydroxylation sites is 2. The van der Waals surface area contributed by atoms with Gasteiger partial charge in [-0.3, -0.25) is 0 Å². The summed E-state index contributed by atoms with van der Waals surface area (Å²) in [5.41, 5.74) is 4.70. The molecule has 2 aromatic carbocycles. The zero-order valence-electron chi connectivity index (χ0n) is 16.6. The summed E-state index contributed by atoms with van der Waals surface area (Å²) < 4.78 is 0. The average Bonchev–Trinajstić information content (AvgIpc) is 3.18. The van der Waals surface area contributed by atoms with Crippen LogP contribution in [-0.2, 0) is 6.54 Å². The number of benzene rings is 2. The number of aromatic nitrogens is 1. The number of phenolic OH excluding ortho intramolecular Hbond substituents is 1. The maximum atomic E-state index is 10.1. The first-order valence-electron chi connectivity index (χ1n) is 10.0. The summed E-state index contributed by atoms with van der Waals surface area (Å²) in [5.74, 6) is 0.930. The molecule has 0 spiro atoms. The third-order valence-electron chi connectivity index (χ3n) is 5.50.